The second-order valence-corrected chi connectivity index (χ2v) is 8.18. The Morgan fingerprint density at radius 1 is 1.11 bits per heavy atom. The van der Waals surface area contributed by atoms with Crippen LogP contribution in [-0.4, -0.2) is 28.0 Å². The predicted molar refractivity (Wildman–Crippen MR) is 119 cm³/mol. The summed E-state index contributed by atoms with van der Waals surface area (Å²) in [6.45, 7) is 1.27. The molecule has 2 aromatic rings. The zero-order valence-corrected chi connectivity index (χ0v) is 18.3. The van der Waals surface area contributed by atoms with Crippen LogP contribution >= 0.6 is 24.0 Å². The summed E-state index contributed by atoms with van der Waals surface area (Å²) in [5, 5.41) is 11.8. The lowest BCUT2D eigenvalue weighted by molar-refractivity contribution is 0.597. The van der Waals surface area contributed by atoms with E-state index < -0.39 is 10.0 Å². The molecule has 0 unspecified atom stereocenters. The first-order chi connectivity index (χ1) is 12.4. The van der Waals surface area contributed by atoms with Crippen molar-refractivity contribution in [3.8, 4) is 0 Å². The Labute approximate surface area is 177 Å². The molecule has 1 saturated carbocycles. The van der Waals surface area contributed by atoms with Crippen LogP contribution in [0.5, 0.6) is 0 Å². The quantitative estimate of drug-likeness (QED) is 0.323. The van der Waals surface area contributed by atoms with Crippen molar-refractivity contribution in [3.05, 3.63) is 65.7 Å². The molecule has 146 valence electrons. The van der Waals surface area contributed by atoms with Crippen molar-refractivity contribution in [3.63, 3.8) is 0 Å². The van der Waals surface area contributed by atoms with Gasteiger partial charge in [-0.05, 0) is 36.1 Å². The molecular weight excluding hydrogens is 475 g/mol. The summed E-state index contributed by atoms with van der Waals surface area (Å²) < 4.78 is 22.9. The summed E-state index contributed by atoms with van der Waals surface area (Å²) in [7, 11) is -1.97. The molecule has 27 heavy (non-hydrogen) atoms. The van der Waals surface area contributed by atoms with Crippen molar-refractivity contribution in [1.29, 1.82) is 0 Å². The number of sulfonamides is 1. The van der Waals surface area contributed by atoms with Gasteiger partial charge in [-0.15, -0.1) is 24.0 Å². The molecule has 2 aromatic carbocycles. The summed E-state index contributed by atoms with van der Waals surface area (Å²) in [5.74, 6) is 0.688. The Kier molecular flexibility index (Phi) is 7.24. The fraction of sp³-hybridized carbons (Fsp3) is 0.316. The van der Waals surface area contributed by atoms with Crippen LogP contribution in [0, 0.1) is 0 Å². The van der Waals surface area contributed by atoms with Crippen LogP contribution in [0.2, 0.25) is 0 Å². The van der Waals surface area contributed by atoms with Gasteiger partial charge in [0.15, 0.2) is 5.96 Å². The van der Waals surface area contributed by atoms with Crippen LogP contribution in [-0.2, 0) is 22.0 Å². The predicted octanol–water partition coefficient (Wildman–Crippen LogP) is 2.35. The number of hydrogen-bond donors (Lipinski definition) is 3. The number of nitrogens with one attached hydrogen (secondary N) is 2. The standard InChI is InChI=1S/C19H24N4O2S.HI/c1-21-18(22-13-15-6-5-9-17(12-15)26(20,24)25)23-14-19(10-11-19)16-7-3-2-4-8-16;/h2-9,12H,10-11,13-14H2,1H3,(H2,20,24,25)(H2,21,22,23);1H. The van der Waals surface area contributed by atoms with Crippen LogP contribution in [0.15, 0.2) is 64.5 Å². The van der Waals surface area contributed by atoms with Gasteiger partial charge in [0.1, 0.15) is 0 Å². The molecule has 3 rings (SSSR count). The fourth-order valence-corrected chi connectivity index (χ4v) is 3.59. The molecule has 0 radical (unpaired) electrons. The van der Waals surface area contributed by atoms with Gasteiger partial charge >= 0.3 is 0 Å². The number of halogens is 1. The summed E-state index contributed by atoms with van der Waals surface area (Å²) >= 11 is 0. The van der Waals surface area contributed by atoms with E-state index in [0.717, 1.165) is 24.9 Å². The maximum absolute atomic E-state index is 11.5. The van der Waals surface area contributed by atoms with Gasteiger partial charge < -0.3 is 10.6 Å². The van der Waals surface area contributed by atoms with E-state index >= 15 is 0 Å². The van der Waals surface area contributed by atoms with Crippen molar-refractivity contribution in [2.24, 2.45) is 10.1 Å². The summed E-state index contributed by atoms with van der Waals surface area (Å²) in [5.41, 5.74) is 2.36. The van der Waals surface area contributed by atoms with Gasteiger partial charge in [-0.25, -0.2) is 13.6 Å². The molecule has 0 amide bonds. The lowest BCUT2D eigenvalue weighted by Gasteiger charge is -2.19. The summed E-state index contributed by atoms with van der Waals surface area (Å²) in [6, 6.07) is 17.1. The Balaban J connectivity index is 0.00000261. The van der Waals surface area contributed by atoms with Crippen LogP contribution in [0.3, 0.4) is 0 Å². The summed E-state index contributed by atoms with van der Waals surface area (Å²) in [4.78, 5) is 4.36. The monoisotopic (exact) mass is 500 g/mol. The van der Waals surface area contributed by atoms with Crippen LogP contribution in [0.1, 0.15) is 24.0 Å². The number of aliphatic imine (C=N–C) groups is 1. The molecule has 0 bridgehead atoms. The van der Waals surface area contributed by atoms with Gasteiger partial charge in [0.05, 0.1) is 4.90 Å². The zero-order chi connectivity index (χ0) is 18.6. The van der Waals surface area contributed by atoms with Gasteiger partial charge in [-0.2, -0.15) is 0 Å². The molecule has 1 aliphatic carbocycles. The molecular formula is C19H25IN4O2S. The minimum Gasteiger partial charge on any atom is -0.356 e. The lowest BCUT2D eigenvalue weighted by Crippen LogP contribution is -2.40. The average Bonchev–Trinajstić information content (AvgIpc) is 3.43. The van der Waals surface area contributed by atoms with E-state index in [9.17, 15) is 8.42 Å². The molecule has 0 atom stereocenters. The van der Waals surface area contributed by atoms with Gasteiger partial charge in [-0.1, -0.05) is 42.5 Å². The highest BCUT2D eigenvalue weighted by Gasteiger charge is 2.43. The smallest absolute Gasteiger partial charge is 0.238 e. The SMILES string of the molecule is CN=C(NCc1cccc(S(N)(=O)=O)c1)NCC1(c2ccccc2)CC1.I. The number of guanidine groups is 1. The highest BCUT2D eigenvalue weighted by molar-refractivity contribution is 14.0. The first kappa shape index (κ1) is 21.6. The van der Waals surface area contributed by atoms with Crippen LogP contribution < -0.4 is 15.8 Å². The molecule has 0 aliphatic heterocycles. The highest BCUT2D eigenvalue weighted by Crippen LogP contribution is 2.47. The van der Waals surface area contributed by atoms with Gasteiger partial charge in [0.25, 0.3) is 0 Å². The molecule has 1 aliphatic rings. The third-order valence-corrected chi connectivity index (χ3v) is 5.66. The molecule has 0 heterocycles. The van der Waals surface area contributed by atoms with Gasteiger partial charge in [0.2, 0.25) is 10.0 Å². The molecule has 6 nitrogen and oxygen atoms in total. The van der Waals surface area contributed by atoms with Crippen molar-refractivity contribution in [1.82, 2.24) is 10.6 Å². The second-order valence-electron chi connectivity index (χ2n) is 6.62. The van der Waals surface area contributed by atoms with Crippen molar-refractivity contribution in [2.45, 2.75) is 29.7 Å². The van der Waals surface area contributed by atoms with Crippen molar-refractivity contribution < 1.29 is 8.42 Å². The number of nitrogens with two attached hydrogens (primary N) is 1. The Morgan fingerprint density at radius 2 is 1.81 bits per heavy atom. The number of benzene rings is 2. The minimum absolute atomic E-state index is 0. The van der Waals surface area contributed by atoms with Crippen LogP contribution in [0.25, 0.3) is 0 Å². The third-order valence-electron chi connectivity index (χ3n) is 4.74. The van der Waals surface area contributed by atoms with Gasteiger partial charge in [0, 0.05) is 25.6 Å². The van der Waals surface area contributed by atoms with E-state index in [1.54, 1.807) is 19.2 Å². The second kappa shape index (κ2) is 9.03. The minimum atomic E-state index is -3.70. The molecule has 0 saturated heterocycles. The van der Waals surface area contributed by atoms with Crippen LogP contribution in [0.4, 0.5) is 0 Å². The molecule has 0 aromatic heterocycles. The number of nitrogens with zero attached hydrogens (tertiary/aromatic N) is 1. The van der Waals surface area contributed by atoms with E-state index in [1.807, 2.05) is 12.1 Å². The van der Waals surface area contributed by atoms with E-state index in [0.29, 0.717) is 12.5 Å². The largest absolute Gasteiger partial charge is 0.356 e. The zero-order valence-electron chi connectivity index (χ0n) is 15.2. The summed E-state index contributed by atoms with van der Waals surface area (Å²) in [6.07, 6.45) is 2.33. The maximum Gasteiger partial charge on any atom is 0.238 e. The topological polar surface area (TPSA) is 96.6 Å². The Morgan fingerprint density at radius 3 is 2.41 bits per heavy atom. The first-order valence-corrected chi connectivity index (χ1v) is 10.1. The Bertz CT molecular complexity index is 897. The lowest BCUT2D eigenvalue weighted by atomic mass is 9.96. The van der Waals surface area contributed by atoms with E-state index in [4.69, 9.17) is 5.14 Å². The number of hydrogen-bond acceptors (Lipinski definition) is 3. The maximum atomic E-state index is 11.5. The molecule has 8 heteroatoms. The third kappa shape index (κ3) is 5.66. The molecule has 1 fully saturated rings. The van der Waals surface area contributed by atoms with Gasteiger partial charge in [-0.3, -0.25) is 4.99 Å². The van der Waals surface area contributed by atoms with Crippen molar-refractivity contribution >= 4 is 40.0 Å². The van der Waals surface area contributed by atoms with E-state index in [2.05, 4.69) is 39.9 Å². The fourth-order valence-electron chi connectivity index (χ4n) is 3.00. The van der Waals surface area contributed by atoms with E-state index in [1.165, 1.54) is 11.6 Å². The number of rotatable bonds is 6. The van der Waals surface area contributed by atoms with Crippen molar-refractivity contribution in [2.75, 3.05) is 13.6 Å². The Hall–Kier alpha value is -1.65. The first-order valence-electron chi connectivity index (χ1n) is 8.55. The number of primary sulfonamides is 1. The molecule has 0 spiro atoms. The normalized spacial score (nSPS) is 15.6. The van der Waals surface area contributed by atoms with E-state index in [-0.39, 0.29) is 34.3 Å². The molecule has 4 N–H and O–H groups in total. The average molecular weight is 500 g/mol. The highest BCUT2D eigenvalue weighted by atomic mass is 127.